The Morgan fingerprint density at radius 2 is 1.94 bits per heavy atom. The van der Waals surface area contributed by atoms with Gasteiger partial charge >= 0.3 is 12.1 Å². The number of carbonyl (C=O) groups is 3. The summed E-state index contributed by atoms with van der Waals surface area (Å²) in [4.78, 5) is 36.2. The molecule has 2 aliphatic rings. The average molecular weight is 474 g/mol. The molecule has 3 rings (SSSR count). The Morgan fingerprint density at radius 3 is 2.59 bits per heavy atom. The third-order valence-corrected chi connectivity index (χ3v) is 6.62. The highest BCUT2D eigenvalue weighted by Gasteiger charge is 2.47. The van der Waals surface area contributed by atoms with Gasteiger partial charge in [-0.25, -0.2) is 4.79 Å². The van der Waals surface area contributed by atoms with Crippen molar-refractivity contribution in [3.05, 3.63) is 29.3 Å². The van der Waals surface area contributed by atoms with Crippen molar-refractivity contribution in [3.63, 3.8) is 0 Å². The Balaban J connectivity index is 1.58. The molecule has 0 spiro atoms. The molecule has 2 fully saturated rings. The summed E-state index contributed by atoms with van der Waals surface area (Å²) in [5.74, 6) is 0.690. The van der Waals surface area contributed by atoms with Crippen LogP contribution in [0.4, 0.5) is 4.79 Å². The molecule has 1 aliphatic heterocycles. The lowest BCUT2D eigenvalue weighted by atomic mass is 9.76. The second-order valence-electron chi connectivity index (χ2n) is 10.5. The molecule has 1 amide bonds. The number of hydrogen-bond acceptors (Lipinski definition) is 6. The normalized spacial score (nSPS) is 21.3. The first-order chi connectivity index (χ1) is 16.1. The van der Waals surface area contributed by atoms with Crippen LogP contribution in [0.5, 0.6) is 5.75 Å². The summed E-state index contributed by atoms with van der Waals surface area (Å²) < 4.78 is 17.0. The van der Waals surface area contributed by atoms with Gasteiger partial charge in [-0.05, 0) is 76.0 Å². The third-order valence-electron chi connectivity index (χ3n) is 6.62. The van der Waals surface area contributed by atoms with Gasteiger partial charge in [0.05, 0.1) is 6.54 Å². The van der Waals surface area contributed by atoms with Crippen molar-refractivity contribution in [2.24, 2.45) is 5.92 Å². The van der Waals surface area contributed by atoms with E-state index in [1.54, 1.807) is 0 Å². The van der Waals surface area contributed by atoms with Crippen LogP contribution >= 0.6 is 0 Å². The van der Waals surface area contributed by atoms with E-state index in [-0.39, 0.29) is 24.1 Å². The molecule has 34 heavy (non-hydrogen) atoms. The highest BCUT2D eigenvalue weighted by Crippen LogP contribution is 2.44. The van der Waals surface area contributed by atoms with Crippen LogP contribution < -0.4 is 10.1 Å². The van der Waals surface area contributed by atoms with Crippen molar-refractivity contribution >= 4 is 17.8 Å². The van der Waals surface area contributed by atoms with E-state index in [9.17, 15) is 14.4 Å². The molecule has 1 saturated carbocycles. The quantitative estimate of drug-likeness (QED) is 0.311. The van der Waals surface area contributed by atoms with E-state index in [4.69, 9.17) is 14.2 Å². The second-order valence-corrected chi connectivity index (χ2v) is 10.5. The number of hydrogen-bond donors (Lipinski definition) is 1. The summed E-state index contributed by atoms with van der Waals surface area (Å²) in [6.07, 6.45) is 6.31. The number of rotatable bonds is 9. The van der Waals surface area contributed by atoms with Crippen molar-refractivity contribution in [1.29, 1.82) is 0 Å². The predicted molar refractivity (Wildman–Crippen MR) is 129 cm³/mol. The number of alkyl carbamates (subject to hydrolysis) is 1. The van der Waals surface area contributed by atoms with E-state index >= 15 is 0 Å². The first-order valence-corrected chi connectivity index (χ1v) is 12.6. The lowest BCUT2D eigenvalue weighted by molar-refractivity contribution is -0.178. The molecule has 1 aromatic carbocycles. The Hall–Kier alpha value is -2.57. The SMILES string of the molecule is CCc1cc(CCC2(C3CCCC3)CC(=O)CC(=O)O2)ccc1OCCNC(=O)OC(C)(C)C. The van der Waals surface area contributed by atoms with E-state index in [0.717, 1.165) is 55.4 Å². The second kappa shape index (κ2) is 11.2. The number of amides is 1. The Bertz CT molecular complexity index is 866. The van der Waals surface area contributed by atoms with Crippen LogP contribution in [0.2, 0.25) is 0 Å². The molecule has 1 heterocycles. The van der Waals surface area contributed by atoms with Gasteiger partial charge in [-0.3, -0.25) is 9.59 Å². The average Bonchev–Trinajstić information content (AvgIpc) is 3.29. The lowest BCUT2D eigenvalue weighted by Gasteiger charge is -2.41. The van der Waals surface area contributed by atoms with Gasteiger partial charge in [0.2, 0.25) is 0 Å². The number of Topliss-reactive ketones (excluding diaryl/α,β-unsaturated/α-hetero) is 1. The van der Waals surface area contributed by atoms with Crippen LogP contribution in [0.1, 0.15) is 83.8 Å². The monoisotopic (exact) mass is 473 g/mol. The number of nitrogens with one attached hydrogen (secondary N) is 1. The van der Waals surface area contributed by atoms with Crippen molar-refractivity contribution in [1.82, 2.24) is 5.32 Å². The van der Waals surface area contributed by atoms with Gasteiger partial charge < -0.3 is 19.5 Å². The van der Waals surface area contributed by atoms with Crippen molar-refractivity contribution in [3.8, 4) is 5.75 Å². The van der Waals surface area contributed by atoms with Gasteiger partial charge in [0.1, 0.15) is 35.8 Å². The highest BCUT2D eigenvalue weighted by atomic mass is 16.6. The minimum atomic E-state index is -0.655. The molecule has 1 aromatic rings. The van der Waals surface area contributed by atoms with E-state index < -0.39 is 17.3 Å². The molecule has 1 aliphatic carbocycles. The summed E-state index contributed by atoms with van der Waals surface area (Å²) in [6.45, 7) is 8.24. The number of aryl methyl sites for hydroxylation is 2. The van der Waals surface area contributed by atoms with Crippen LogP contribution in [-0.4, -0.2) is 42.2 Å². The molecule has 1 atom stereocenters. The predicted octanol–water partition coefficient (Wildman–Crippen LogP) is 4.92. The molecule has 1 N–H and O–H groups in total. The van der Waals surface area contributed by atoms with Gasteiger partial charge in [-0.1, -0.05) is 31.9 Å². The maximum Gasteiger partial charge on any atom is 0.407 e. The van der Waals surface area contributed by atoms with Gasteiger partial charge in [0.25, 0.3) is 0 Å². The summed E-state index contributed by atoms with van der Waals surface area (Å²) >= 11 is 0. The van der Waals surface area contributed by atoms with Crippen molar-refractivity contribution < 1.29 is 28.6 Å². The molecule has 0 aromatic heterocycles. The zero-order valence-electron chi connectivity index (χ0n) is 21.0. The molecule has 188 valence electrons. The molecular weight excluding hydrogens is 434 g/mol. The minimum Gasteiger partial charge on any atom is -0.491 e. The van der Waals surface area contributed by atoms with Crippen LogP contribution in [0.3, 0.4) is 0 Å². The largest absolute Gasteiger partial charge is 0.491 e. The molecule has 7 heteroatoms. The Kier molecular flexibility index (Phi) is 8.61. The van der Waals surface area contributed by atoms with Crippen LogP contribution in [-0.2, 0) is 31.9 Å². The van der Waals surface area contributed by atoms with Gasteiger partial charge in [-0.2, -0.15) is 0 Å². The fourth-order valence-corrected chi connectivity index (χ4v) is 5.07. The zero-order chi connectivity index (χ0) is 24.8. The number of cyclic esters (lactones) is 1. The summed E-state index contributed by atoms with van der Waals surface area (Å²) in [7, 11) is 0. The number of esters is 1. The lowest BCUT2D eigenvalue weighted by Crippen LogP contribution is -2.48. The van der Waals surface area contributed by atoms with Crippen LogP contribution in [0, 0.1) is 5.92 Å². The van der Waals surface area contributed by atoms with E-state index in [1.807, 2.05) is 32.9 Å². The van der Waals surface area contributed by atoms with Crippen LogP contribution in [0.25, 0.3) is 0 Å². The summed E-state index contributed by atoms with van der Waals surface area (Å²) in [5, 5.41) is 2.70. The highest BCUT2D eigenvalue weighted by molar-refractivity contribution is 5.98. The Labute approximate surface area is 202 Å². The van der Waals surface area contributed by atoms with Crippen molar-refractivity contribution in [2.45, 2.75) is 96.7 Å². The maximum absolute atomic E-state index is 12.3. The van der Waals surface area contributed by atoms with Gasteiger partial charge in [0, 0.05) is 6.42 Å². The molecule has 1 unspecified atom stereocenters. The van der Waals surface area contributed by atoms with Gasteiger partial charge in [0.15, 0.2) is 0 Å². The van der Waals surface area contributed by atoms with Crippen LogP contribution in [0.15, 0.2) is 18.2 Å². The first-order valence-electron chi connectivity index (χ1n) is 12.6. The number of ketones is 1. The van der Waals surface area contributed by atoms with E-state index in [2.05, 4.69) is 18.3 Å². The zero-order valence-corrected chi connectivity index (χ0v) is 21.0. The standard InChI is InChI=1S/C27H39NO6/c1-5-20-16-19(10-11-23(20)32-15-14-28-25(31)34-26(2,3)4)12-13-27(21-8-6-7-9-21)18-22(29)17-24(30)33-27/h10-11,16,21H,5-9,12-15,17-18H2,1-4H3,(H,28,31). The Morgan fingerprint density at radius 1 is 1.21 bits per heavy atom. The maximum atomic E-state index is 12.3. The fourth-order valence-electron chi connectivity index (χ4n) is 5.07. The third kappa shape index (κ3) is 7.21. The molecule has 0 bridgehead atoms. The smallest absolute Gasteiger partial charge is 0.407 e. The minimum absolute atomic E-state index is 0.00105. The van der Waals surface area contributed by atoms with Crippen molar-refractivity contribution in [2.75, 3.05) is 13.2 Å². The molecular formula is C27H39NO6. The first kappa shape index (κ1) is 26.0. The fraction of sp³-hybridized carbons (Fsp3) is 0.667. The topological polar surface area (TPSA) is 90.9 Å². The van der Waals surface area contributed by atoms with E-state index in [1.165, 1.54) is 0 Å². The summed E-state index contributed by atoms with van der Waals surface area (Å²) in [6, 6.07) is 6.12. The van der Waals surface area contributed by atoms with E-state index in [0.29, 0.717) is 26.0 Å². The number of ether oxygens (including phenoxy) is 3. The molecule has 1 saturated heterocycles. The molecule has 7 nitrogen and oxygen atoms in total. The van der Waals surface area contributed by atoms with Gasteiger partial charge in [-0.15, -0.1) is 0 Å². The number of carbonyl (C=O) groups excluding carboxylic acids is 3. The summed E-state index contributed by atoms with van der Waals surface area (Å²) in [5.41, 5.74) is 1.04. The number of benzene rings is 1. The molecule has 0 radical (unpaired) electrons.